The lowest BCUT2D eigenvalue weighted by Gasteiger charge is -2.27. The van der Waals surface area contributed by atoms with Crippen LogP contribution >= 0.6 is 0 Å². The first-order chi connectivity index (χ1) is 4.18. The molecule has 0 aliphatic carbocycles. The average Bonchev–Trinajstić information content (AvgIpc) is 1.59. The molecule has 0 aromatic heterocycles. The maximum atomic E-state index is 9.01. The molecular formula is C6H12O3. The highest BCUT2D eigenvalue weighted by molar-refractivity contribution is 4.68. The number of aliphatic hydroxyl groups is 2. The lowest BCUT2D eigenvalue weighted by Crippen LogP contribution is -2.33. The Morgan fingerprint density at radius 3 is 2.44 bits per heavy atom. The molecule has 1 aliphatic heterocycles. The Morgan fingerprint density at radius 2 is 2.00 bits per heavy atom. The van der Waals surface area contributed by atoms with Crippen LogP contribution in [-0.2, 0) is 4.74 Å². The number of hydrogen-bond donors (Lipinski definition) is 2. The van der Waals surface area contributed by atoms with E-state index in [1.165, 1.54) is 0 Å². The second-order valence-corrected chi connectivity index (χ2v) is 2.53. The minimum atomic E-state index is -0.760. The first-order valence-corrected chi connectivity index (χ1v) is 3.20. The van der Waals surface area contributed by atoms with E-state index >= 15 is 0 Å². The van der Waals surface area contributed by atoms with Gasteiger partial charge in [0.15, 0.2) is 6.29 Å². The number of hydrogen-bond acceptors (Lipinski definition) is 3. The second kappa shape index (κ2) is 2.64. The van der Waals surface area contributed by atoms with E-state index < -0.39 is 6.29 Å². The van der Waals surface area contributed by atoms with E-state index in [4.69, 9.17) is 14.9 Å². The van der Waals surface area contributed by atoms with Gasteiger partial charge in [-0.1, -0.05) is 0 Å². The summed E-state index contributed by atoms with van der Waals surface area (Å²) in [6, 6.07) is 0. The van der Waals surface area contributed by atoms with Gasteiger partial charge >= 0.3 is 0 Å². The van der Waals surface area contributed by atoms with Gasteiger partial charge in [-0.3, -0.25) is 0 Å². The Bertz CT molecular complexity index is 69.3. The molecule has 3 atom stereocenters. The molecule has 54 valence electrons. The normalized spacial score (nSPS) is 45.0. The van der Waals surface area contributed by atoms with E-state index in [1.54, 1.807) is 0 Å². The standard InChI is InChI=1S/C6H12O3/c1-4-2-5(7)3-6(8)9-4/h4-8H,2-3H2,1H3/t4?,5-,6-/m0/s1. The molecule has 1 rings (SSSR count). The van der Waals surface area contributed by atoms with Gasteiger partial charge in [-0.2, -0.15) is 0 Å². The summed E-state index contributed by atoms with van der Waals surface area (Å²) >= 11 is 0. The average molecular weight is 132 g/mol. The maximum Gasteiger partial charge on any atom is 0.157 e. The van der Waals surface area contributed by atoms with Crippen molar-refractivity contribution < 1.29 is 14.9 Å². The van der Waals surface area contributed by atoms with E-state index in [2.05, 4.69) is 0 Å². The van der Waals surface area contributed by atoms with Crippen molar-refractivity contribution in [1.29, 1.82) is 0 Å². The lowest BCUT2D eigenvalue weighted by molar-refractivity contribution is -0.183. The van der Waals surface area contributed by atoms with Gasteiger partial charge in [0.25, 0.3) is 0 Å². The Morgan fingerprint density at radius 1 is 1.33 bits per heavy atom. The van der Waals surface area contributed by atoms with Crippen molar-refractivity contribution in [2.75, 3.05) is 0 Å². The van der Waals surface area contributed by atoms with Crippen LogP contribution in [0, 0.1) is 0 Å². The van der Waals surface area contributed by atoms with E-state index in [1.807, 2.05) is 6.92 Å². The molecule has 0 aromatic carbocycles. The van der Waals surface area contributed by atoms with Crippen molar-refractivity contribution in [2.45, 2.75) is 38.3 Å². The van der Waals surface area contributed by atoms with Crippen molar-refractivity contribution in [3.63, 3.8) is 0 Å². The molecular weight excluding hydrogens is 120 g/mol. The molecule has 0 aromatic rings. The van der Waals surface area contributed by atoms with Crippen LogP contribution in [-0.4, -0.2) is 28.7 Å². The highest BCUT2D eigenvalue weighted by atomic mass is 16.6. The lowest BCUT2D eigenvalue weighted by atomic mass is 10.1. The fraction of sp³-hybridized carbons (Fsp3) is 1.00. The smallest absolute Gasteiger partial charge is 0.157 e. The van der Waals surface area contributed by atoms with E-state index in [9.17, 15) is 0 Å². The van der Waals surface area contributed by atoms with Crippen LogP contribution in [0.25, 0.3) is 0 Å². The number of aliphatic hydroxyl groups excluding tert-OH is 2. The summed E-state index contributed by atoms with van der Waals surface area (Å²) in [6.45, 7) is 1.84. The van der Waals surface area contributed by atoms with Crippen LogP contribution in [0.3, 0.4) is 0 Å². The first-order valence-electron chi connectivity index (χ1n) is 3.20. The van der Waals surface area contributed by atoms with Gasteiger partial charge in [0.2, 0.25) is 0 Å². The van der Waals surface area contributed by atoms with Crippen LogP contribution in [0.2, 0.25) is 0 Å². The molecule has 3 heteroatoms. The minimum Gasteiger partial charge on any atom is -0.393 e. The predicted molar refractivity (Wildman–Crippen MR) is 31.8 cm³/mol. The van der Waals surface area contributed by atoms with Gasteiger partial charge < -0.3 is 14.9 Å². The van der Waals surface area contributed by atoms with Gasteiger partial charge in [0.05, 0.1) is 12.2 Å². The molecule has 0 bridgehead atoms. The third-order valence-electron chi connectivity index (χ3n) is 1.47. The Kier molecular flexibility index (Phi) is 2.05. The van der Waals surface area contributed by atoms with Crippen molar-refractivity contribution in [2.24, 2.45) is 0 Å². The summed E-state index contributed by atoms with van der Waals surface area (Å²) in [5, 5.41) is 17.9. The highest BCUT2D eigenvalue weighted by Gasteiger charge is 2.23. The molecule has 0 amide bonds. The van der Waals surface area contributed by atoms with Crippen LogP contribution in [0.15, 0.2) is 0 Å². The SMILES string of the molecule is CC1C[C@H](O)C[C@@H](O)O1. The van der Waals surface area contributed by atoms with E-state index in [-0.39, 0.29) is 12.2 Å². The molecule has 0 radical (unpaired) electrons. The third kappa shape index (κ3) is 1.93. The molecule has 1 heterocycles. The van der Waals surface area contributed by atoms with Crippen LogP contribution in [0.4, 0.5) is 0 Å². The summed E-state index contributed by atoms with van der Waals surface area (Å²) in [6.07, 6.45) is -0.169. The van der Waals surface area contributed by atoms with Gasteiger partial charge in [0, 0.05) is 6.42 Å². The molecule has 0 spiro atoms. The molecule has 2 N–H and O–H groups in total. The molecule has 1 aliphatic rings. The fourth-order valence-corrected chi connectivity index (χ4v) is 1.09. The van der Waals surface area contributed by atoms with Crippen molar-refractivity contribution >= 4 is 0 Å². The second-order valence-electron chi connectivity index (χ2n) is 2.53. The molecule has 9 heavy (non-hydrogen) atoms. The maximum absolute atomic E-state index is 9.01. The van der Waals surface area contributed by atoms with Crippen LogP contribution in [0.5, 0.6) is 0 Å². The fourth-order valence-electron chi connectivity index (χ4n) is 1.09. The monoisotopic (exact) mass is 132 g/mol. The topological polar surface area (TPSA) is 49.7 Å². The zero-order valence-corrected chi connectivity index (χ0v) is 5.45. The highest BCUT2D eigenvalue weighted by Crippen LogP contribution is 2.16. The predicted octanol–water partition coefficient (Wildman–Crippen LogP) is -0.135. The van der Waals surface area contributed by atoms with E-state index in [0.717, 1.165) is 0 Å². The summed E-state index contributed by atoms with van der Waals surface area (Å²) < 4.78 is 4.95. The summed E-state index contributed by atoms with van der Waals surface area (Å²) in [7, 11) is 0. The van der Waals surface area contributed by atoms with Crippen LogP contribution in [0.1, 0.15) is 19.8 Å². The largest absolute Gasteiger partial charge is 0.393 e. The van der Waals surface area contributed by atoms with Crippen molar-refractivity contribution in [3.05, 3.63) is 0 Å². The Hall–Kier alpha value is -0.120. The zero-order valence-electron chi connectivity index (χ0n) is 5.45. The molecule has 1 fully saturated rings. The van der Waals surface area contributed by atoms with Crippen molar-refractivity contribution in [3.8, 4) is 0 Å². The number of ether oxygens (including phenoxy) is 1. The summed E-state index contributed by atoms with van der Waals surface area (Å²) in [4.78, 5) is 0. The molecule has 1 saturated heterocycles. The quantitative estimate of drug-likeness (QED) is 0.482. The molecule has 3 nitrogen and oxygen atoms in total. The summed E-state index contributed by atoms with van der Waals surface area (Å²) in [5.41, 5.74) is 0. The van der Waals surface area contributed by atoms with Crippen molar-refractivity contribution in [1.82, 2.24) is 0 Å². The third-order valence-corrected chi connectivity index (χ3v) is 1.47. The zero-order chi connectivity index (χ0) is 6.85. The van der Waals surface area contributed by atoms with E-state index in [0.29, 0.717) is 12.8 Å². The molecule has 1 unspecified atom stereocenters. The minimum absolute atomic E-state index is 0.0104. The Balaban J connectivity index is 2.34. The van der Waals surface area contributed by atoms with Crippen LogP contribution < -0.4 is 0 Å². The summed E-state index contributed by atoms with van der Waals surface area (Å²) in [5.74, 6) is 0. The van der Waals surface area contributed by atoms with Gasteiger partial charge in [-0.05, 0) is 13.3 Å². The molecule has 0 saturated carbocycles. The van der Waals surface area contributed by atoms with Gasteiger partial charge in [-0.25, -0.2) is 0 Å². The van der Waals surface area contributed by atoms with Gasteiger partial charge in [-0.15, -0.1) is 0 Å². The number of rotatable bonds is 0. The van der Waals surface area contributed by atoms with Gasteiger partial charge in [0.1, 0.15) is 0 Å². The Labute approximate surface area is 54.3 Å². The first kappa shape index (κ1) is 6.99.